The van der Waals surface area contributed by atoms with Crippen molar-refractivity contribution in [2.75, 3.05) is 0 Å². The van der Waals surface area contributed by atoms with Crippen molar-refractivity contribution in [2.24, 2.45) is 5.92 Å². The van der Waals surface area contributed by atoms with Gasteiger partial charge in [0.25, 0.3) is 5.91 Å². The Morgan fingerprint density at radius 2 is 2.16 bits per heavy atom. The first-order chi connectivity index (χ1) is 9.01. The van der Waals surface area contributed by atoms with Crippen LogP contribution in [0.1, 0.15) is 42.1 Å². The molecule has 4 heteroatoms. The minimum atomic E-state index is -0.245. The predicted molar refractivity (Wildman–Crippen MR) is 73.1 cm³/mol. The van der Waals surface area contributed by atoms with Crippen LogP contribution in [0.5, 0.6) is 5.75 Å². The number of aromatic hydroxyl groups is 1. The lowest BCUT2D eigenvalue weighted by molar-refractivity contribution is 0.0232. The number of carbonyl (C=O) groups excluding carboxylic acids is 1. The third-order valence-corrected chi connectivity index (χ3v) is 3.87. The molecule has 1 aromatic rings. The highest BCUT2D eigenvalue weighted by Gasteiger charge is 2.34. The van der Waals surface area contributed by atoms with Gasteiger partial charge in [0.15, 0.2) is 0 Å². The summed E-state index contributed by atoms with van der Waals surface area (Å²) in [5.41, 5.74) is 1.23. The van der Waals surface area contributed by atoms with Gasteiger partial charge in [-0.15, -0.1) is 0 Å². The van der Waals surface area contributed by atoms with Gasteiger partial charge in [0, 0.05) is 6.04 Å². The molecule has 0 aliphatic heterocycles. The molecule has 2 rings (SSSR count). The topological polar surface area (TPSA) is 69.6 Å². The van der Waals surface area contributed by atoms with E-state index >= 15 is 0 Å². The zero-order valence-corrected chi connectivity index (χ0v) is 11.4. The fourth-order valence-electron chi connectivity index (χ4n) is 2.59. The molecule has 3 N–H and O–H groups in total. The van der Waals surface area contributed by atoms with Gasteiger partial charge in [-0.2, -0.15) is 0 Å². The van der Waals surface area contributed by atoms with E-state index < -0.39 is 0 Å². The second-order valence-electron chi connectivity index (χ2n) is 5.39. The smallest absolute Gasteiger partial charge is 0.255 e. The zero-order valence-electron chi connectivity index (χ0n) is 11.4. The van der Waals surface area contributed by atoms with E-state index in [0.29, 0.717) is 11.5 Å². The number of rotatable bonds is 4. The van der Waals surface area contributed by atoms with E-state index in [0.717, 1.165) is 24.8 Å². The summed E-state index contributed by atoms with van der Waals surface area (Å²) in [6.07, 6.45) is 2.11. The van der Waals surface area contributed by atoms with Crippen molar-refractivity contribution in [3.8, 4) is 5.75 Å². The quantitative estimate of drug-likeness (QED) is 0.778. The molecule has 1 aliphatic rings. The van der Waals surface area contributed by atoms with Crippen LogP contribution in [-0.4, -0.2) is 28.3 Å². The van der Waals surface area contributed by atoms with E-state index in [-0.39, 0.29) is 23.8 Å². The van der Waals surface area contributed by atoms with Crippen molar-refractivity contribution in [1.82, 2.24) is 5.32 Å². The lowest BCUT2D eigenvalue weighted by atomic mass is 9.76. The fourth-order valence-corrected chi connectivity index (χ4v) is 2.59. The normalized spacial score (nSPS) is 23.5. The number of amides is 1. The molecule has 0 saturated heterocycles. The van der Waals surface area contributed by atoms with E-state index in [1.807, 2.05) is 19.9 Å². The molecular formula is C15H21NO3. The van der Waals surface area contributed by atoms with Gasteiger partial charge in [-0.1, -0.05) is 13.0 Å². The van der Waals surface area contributed by atoms with Crippen LogP contribution in [0, 0.1) is 12.8 Å². The minimum absolute atomic E-state index is 0.0148. The van der Waals surface area contributed by atoms with Gasteiger partial charge in [-0.05, 0) is 49.8 Å². The molecule has 0 spiro atoms. The van der Waals surface area contributed by atoms with Crippen molar-refractivity contribution in [3.63, 3.8) is 0 Å². The zero-order chi connectivity index (χ0) is 14.0. The molecule has 1 atom stereocenters. The Labute approximate surface area is 113 Å². The third-order valence-electron chi connectivity index (χ3n) is 3.87. The molecule has 1 fully saturated rings. The number of carbonyl (C=O) groups is 1. The number of hydrogen-bond donors (Lipinski definition) is 3. The number of nitrogens with one attached hydrogen (secondary N) is 1. The first-order valence-electron chi connectivity index (χ1n) is 6.79. The Morgan fingerprint density at radius 3 is 2.68 bits per heavy atom. The van der Waals surface area contributed by atoms with Gasteiger partial charge < -0.3 is 15.5 Å². The van der Waals surface area contributed by atoms with E-state index in [1.54, 1.807) is 12.1 Å². The SMILES string of the molecule is CC[C@@H](NC(=O)c1ccc(C)cc1O)C1CC(O)C1. The lowest BCUT2D eigenvalue weighted by Crippen LogP contribution is -2.46. The molecule has 104 valence electrons. The van der Waals surface area contributed by atoms with Crippen molar-refractivity contribution < 1.29 is 15.0 Å². The number of aryl methyl sites for hydroxylation is 1. The summed E-state index contributed by atoms with van der Waals surface area (Å²) in [4.78, 5) is 12.1. The third kappa shape index (κ3) is 3.07. The van der Waals surface area contributed by atoms with Crippen molar-refractivity contribution in [1.29, 1.82) is 0 Å². The molecule has 0 aromatic heterocycles. The summed E-state index contributed by atoms with van der Waals surface area (Å²) in [5.74, 6) is 0.114. The van der Waals surface area contributed by atoms with Crippen molar-refractivity contribution >= 4 is 5.91 Å². The highest BCUT2D eigenvalue weighted by atomic mass is 16.3. The Balaban J connectivity index is 2.03. The molecule has 1 aliphatic carbocycles. The average Bonchev–Trinajstić information content (AvgIpc) is 2.32. The number of aliphatic hydroxyl groups is 1. The van der Waals surface area contributed by atoms with E-state index in [4.69, 9.17) is 0 Å². The average molecular weight is 263 g/mol. The molecule has 0 unspecified atom stereocenters. The first kappa shape index (κ1) is 13.9. The van der Waals surface area contributed by atoms with Gasteiger partial charge in [-0.3, -0.25) is 4.79 Å². The Morgan fingerprint density at radius 1 is 1.47 bits per heavy atom. The van der Waals surface area contributed by atoms with Gasteiger partial charge in [0.2, 0.25) is 0 Å². The Kier molecular flexibility index (Phi) is 4.10. The van der Waals surface area contributed by atoms with Gasteiger partial charge in [-0.25, -0.2) is 0 Å². The van der Waals surface area contributed by atoms with Crippen molar-refractivity contribution in [3.05, 3.63) is 29.3 Å². The summed E-state index contributed by atoms with van der Waals surface area (Å²) in [7, 11) is 0. The molecule has 0 radical (unpaired) electrons. The molecule has 4 nitrogen and oxygen atoms in total. The van der Waals surface area contributed by atoms with E-state index in [9.17, 15) is 15.0 Å². The number of phenolic OH excluding ortho intramolecular Hbond substituents is 1. The summed E-state index contributed by atoms with van der Waals surface area (Å²) < 4.78 is 0. The highest BCUT2D eigenvalue weighted by molar-refractivity contribution is 5.97. The number of phenols is 1. The predicted octanol–water partition coefficient (Wildman–Crippen LogP) is 1.98. The van der Waals surface area contributed by atoms with Crippen LogP contribution in [0.4, 0.5) is 0 Å². The Bertz CT molecular complexity index is 466. The molecule has 0 bridgehead atoms. The van der Waals surface area contributed by atoms with Gasteiger partial charge in [0.05, 0.1) is 11.7 Å². The van der Waals surface area contributed by atoms with Crippen LogP contribution in [0.15, 0.2) is 18.2 Å². The van der Waals surface area contributed by atoms with Crippen LogP contribution in [0.25, 0.3) is 0 Å². The molecular weight excluding hydrogens is 242 g/mol. The minimum Gasteiger partial charge on any atom is -0.507 e. The second kappa shape index (κ2) is 5.61. The standard InChI is InChI=1S/C15H21NO3/c1-3-13(10-7-11(17)8-10)16-15(19)12-5-4-9(2)6-14(12)18/h4-6,10-11,13,17-18H,3,7-8H2,1-2H3,(H,16,19)/t10?,11?,13-/m1/s1. The summed E-state index contributed by atoms with van der Waals surface area (Å²) in [6.45, 7) is 3.89. The number of benzene rings is 1. The van der Waals surface area contributed by atoms with Crippen molar-refractivity contribution in [2.45, 2.75) is 45.3 Å². The monoisotopic (exact) mass is 263 g/mol. The largest absolute Gasteiger partial charge is 0.507 e. The highest BCUT2D eigenvalue weighted by Crippen LogP contribution is 2.31. The van der Waals surface area contributed by atoms with Gasteiger partial charge in [0.1, 0.15) is 5.75 Å². The van der Waals surface area contributed by atoms with Crippen LogP contribution in [-0.2, 0) is 0 Å². The summed E-state index contributed by atoms with van der Waals surface area (Å²) >= 11 is 0. The maximum absolute atomic E-state index is 12.1. The molecule has 19 heavy (non-hydrogen) atoms. The van der Waals surface area contributed by atoms with E-state index in [2.05, 4.69) is 5.32 Å². The maximum atomic E-state index is 12.1. The Hall–Kier alpha value is -1.55. The number of hydrogen-bond acceptors (Lipinski definition) is 3. The van der Waals surface area contributed by atoms with Crippen LogP contribution < -0.4 is 5.32 Å². The molecule has 1 amide bonds. The van der Waals surface area contributed by atoms with E-state index in [1.165, 1.54) is 0 Å². The second-order valence-corrected chi connectivity index (χ2v) is 5.39. The maximum Gasteiger partial charge on any atom is 0.255 e. The van der Waals surface area contributed by atoms with Gasteiger partial charge >= 0.3 is 0 Å². The lowest BCUT2D eigenvalue weighted by Gasteiger charge is -2.37. The van der Waals surface area contributed by atoms with Crippen LogP contribution in [0.3, 0.4) is 0 Å². The van der Waals surface area contributed by atoms with Crippen LogP contribution in [0.2, 0.25) is 0 Å². The van der Waals surface area contributed by atoms with Crippen LogP contribution >= 0.6 is 0 Å². The summed E-state index contributed by atoms with van der Waals surface area (Å²) in [5, 5.41) is 22.1. The fraction of sp³-hybridized carbons (Fsp3) is 0.533. The molecule has 0 heterocycles. The molecule has 1 saturated carbocycles. The first-order valence-corrected chi connectivity index (χ1v) is 6.79. The summed E-state index contributed by atoms with van der Waals surface area (Å²) in [6, 6.07) is 5.10. The molecule has 1 aromatic carbocycles. The number of aliphatic hydroxyl groups excluding tert-OH is 1.